The van der Waals surface area contributed by atoms with Crippen molar-refractivity contribution in [3.8, 4) is 0 Å². The minimum atomic E-state index is -1.57. The first-order chi connectivity index (χ1) is 18.5. The molecule has 0 spiro atoms. The van der Waals surface area contributed by atoms with Gasteiger partial charge in [0.15, 0.2) is 5.60 Å². The van der Waals surface area contributed by atoms with E-state index in [4.69, 9.17) is 4.74 Å². The Kier molecular flexibility index (Phi) is 8.49. The number of aliphatic carboxylic acids is 1. The molecule has 0 aliphatic rings. The van der Waals surface area contributed by atoms with E-state index in [0.717, 1.165) is 0 Å². The largest absolute Gasteiger partial charge is 0.546 e. The average molecular weight is 502 g/mol. The van der Waals surface area contributed by atoms with Crippen molar-refractivity contribution in [2.24, 2.45) is 0 Å². The maximum Gasteiger partial charge on any atom is 0.157 e. The van der Waals surface area contributed by atoms with Gasteiger partial charge in [-0.2, -0.15) is 0 Å². The summed E-state index contributed by atoms with van der Waals surface area (Å²) >= 11 is 0. The van der Waals surface area contributed by atoms with Gasteiger partial charge in [-0.1, -0.05) is 115 Å². The fourth-order valence-corrected chi connectivity index (χ4v) is 4.69. The third-order valence-corrected chi connectivity index (χ3v) is 6.77. The summed E-state index contributed by atoms with van der Waals surface area (Å²) in [6.07, 6.45) is 0. The number of carboxylic acid groups (broad SMARTS) is 1. The molecule has 0 N–H and O–H groups in total. The van der Waals surface area contributed by atoms with Crippen LogP contribution in [0, 0.1) is 0 Å². The SMILES string of the molecule is COC(C(=O)[O-])(c1ccccc1)c1ccccc1.C[N+](c1ccccc1)(c1ccccc1)c1ccccc1. The van der Waals surface area contributed by atoms with Crippen LogP contribution in [0.2, 0.25) is 0 Å². The van der Waals surface area contributed by atoms with E-state index in [9.17, 15) is 9.90 Å². The molecule has 0 aliphatic carbocycles. The predicted molar refractivity (Wildman–Crippen MR) is 152 cm³/mol. The van der Waals surface area contributed by atoms with Gasteiger partial charge >= 0.3 is 0 Å². The van der Waals surface area contributed by atoms with Crippen molar-refractivity contribution in [1.82, 2.24) is 4.48 Å². The third-order valence-electron chi connectivity index (χ3n) is 6.77. The number of carbonyl (C=O) groups is 1. The summed E-state index contributed by atoms with van der Waals surface area (Å²) in [6.45, 7) is 0. The molecule has 0 aliphatic heterocycles. The van der Waals surface area contributed by atoms with Crippen molar-refractivity contribution in [1.29, 1.82) is 0 Å². The van der Waals surface area contributed by atoms with Crippen LogP contribution in [-0.2, 0) is 15.1 Å². The summed E-state index contributed by atoms with van der Waals surface area (Å²) < 4.78 is 5.98. The zero-order chi connectivity index (χ0) is 26.8. The highest BCUT2D eigenvalue weighted by atomic mass is 16.5. The minimum absolute atomic E-state index is 0.540. The van der Waals surface area contributed by atoms with Gasteiger partial charge in [-0.25, -0.2) is 4.48 Å². The standard InChI is InChI=1S/C19H18N.C15H14O3/c1-20(17-11-5-2-6-12-17,18-13-7-3-8-14-18)19-15-9-4-10-16-19;1-18-15(14(16)17,12-8-4-2-5-9-12)13-10-6-3-7-11-13/h2-16H,1H3;2-11H,1H3,(H,16,17)/q+1;/p-1. The summed E-state index contributed by atoms with van der Waals surface area (Å²) in [5.74, 6) is -1.28. The number of nitrogens with zero attached hydrogens (tertiary/aromatic N) is 1. The predicted octanol–water partition coefficient (Wildman–Crippen LogP) is 6.61. The highest BCUT2D eigenvalue weighted by Gasteiger charge is 2.36. The van der Waals surface area contributed by atoms with Gasteiger partial charge in [0.25, 0.3) is 0 Å². The van der Waals surface area contributed by atoms with E-state index in [1.165, 1.54) is 24.2 Å². The van der Waals surface area contributed by atoms with Crippen molar-refractivity contribution in [2.75, 3.05) is 14.2 Å². The van der Waals surface area contributed by atoms with E-state index in [2.05, 4.69) is 98.0 Å². The number of benzene rings is 5. The molecule has 5 aromatic rings. The minimum Gasteiger partial charge on any atom is -0.546 e. The van der Waals surface area contributed by atoms with Crippen LogP contribution in [-0.4, -0.2) is 20.1 Å². The normalized spacial score (nSPS) is 11.2. The first-order valence-electron chi connectivity index (χ1n) is 12.4. The molecule has 38 heavy (non-hydrogen) atoms. The lowest BCUT2D eigenvalue weighted by atomic mass is 9.86. The first kappa shape index (κ1) is 26.6. The maximum absolute atomic E-state index is 11.6. The number of hydrogen-bond donors (Lipinski definition) is 0. The van der Waals surface area contributed by atoms with Gasteiger partial charge in [0.1, 0.15) is 17.1 Å². The Morgan fingerprint density at radius 3 is 1.05 bits per heavy atom. The summed E-state index contributed by atoms with van der Waals surface area (Å²) in [4.78, 5) is 11.6. The van der Waals surface area contributed by atoms with Crippen LogP contribution < -0.4 is 9.59 Å². The Hall–Kier alpha value is -4.51. The summed E-state index contributed by atoms with van der Waals surface area (Å²) in [5.41, 5.74) is 3.28. The average Bonchev–Trinajstić information content (AvgIpc) is 3.00. The molecule has 0 heterocycles. The lowest BCUT2D eigenvalue weighted by Crippen LogP contribution is -2.48. The molecular weight excluding hydrogens is 470 g/mol. The van der Waals surface area contributed by atoms with Crippen LogP contribution >= 0.6 is 0 Å². The van der Waals surface area contributed by atoms with Gasteiger partial charge in [0.2, 0.25) is 0 Å². The molecule has 5 aromatic carbocycles. The van der Waals surface area contributed by atoms with E-state index >= 15 is 0 Å². The molecule has 0 unspecified atom stereocenters. The van der Waals surface area contributed by atoms with E-state index in [-0.39, 0.29) is 0 Å². The number of rotatable bonds is 7. The summed E-state index contributed by atoms with van der Waals surface area (Å²) in [5, 5.41) is 11.6. The number of carbonyl (C=O) groups excluding carboxylic acids is 1. The van der Waals surface area contributed by atoms with E-state index in [1.54, 1.807) is 48.5 Å². The third kappa shape index (κ3) is 5.28. The number of hydrogen-bond acceptors (Lipinski definition) is 3. The Morgan fingerprint density at radius 1 is 0.553 bits per heavy atom. The number of para-hydroxylation sites is 3. The number of ether oxygens (including phenoxy) is 1. The van der Waals surface area contributed by atoms with Crippen LogP contribution in [0.3, 0.4) is 0 Å². The molecule has 0 fully saturated rings. The van der Waals surface area contributed by atoms with Crippen LogP contribution in [0.15, 0.2) is 152 Å². The zero-order valence-electron chi connectivity index (χ0n) is 21.6. The van der Waals surface area contributed by atoms with Gasteiger partial charge in [-0.3, -0.25) is 0 Å². The van der Waals surface area contributed by atoms with Crippen molar-refractivity contribution in [2.45, 2.75) is 5.60 Å². The highest BCUT2D eigenvalue weighted by molar-refractivity contribution is 5.82. The van der Waals surface area contributed by atoms with Crippen LogP contribution in [0.25, 0.3) is 0 Å². The second-order valence-corrected chi connectivity index (χ2v) is 8.92. The van der Waals surface area contributed by atoms with Crippen LogP contribution in [0.1, 0.15) is 11.1 Å². The first-order valence-corrected chi connectivity index (χ1v) is 12.4. The van der Waals surface area contributed by atoms with Crippen LogP contribution in [0.4, 0.5) is 17.1 Å². The smallest absolute Gasteiger partial charge is 0.157 e. The van der Waals surface area contributed by atoms with E-state index in [0.29, 0.717) is 15.6 Å². The Bertz CT molecular complexity index is 1270. The molecule has 0 saturated heterocycles. The molecule has 5 rings (SSSR count). The number of methoxy groups -OCH3 is 1. The fraction of sp³-hybridized carbons (Fsp3) is 0.0882. The molecule has 0 saturated carbocycles. The highest BCUT2D eigenvalue weighted by Crippen LogP contribution is 2.41. The van der Waals surface area contributed by atoms with Crippen molar-refractivity contribution < 1.29 is 14.6 Å². The van der Waals surface area contributed by atoms with Gasteiger partial charge in [0, 0.05) is 7.11 Å². The van der Waals surface area contributed by atoms with Crippen LogP contribution in [0.5, 0.6) is 0 Å². The monoisotopic (exact) mass is 501 g/mol. The number of quaternary nitrogens is 1. The van der Waals surface area contributed by atoms with E-state index in [1.807, 2.05) is 12.1 Å². The molecular formula is C34H31NO3. The molecule has 0 atom stereocenters. The summed E-state index contributed by atoms with van der Waals surface area (Å²) in [7, 11) is 3.61. The Labute approximate surface area is 224 Å². The Morgan fingerprint density at radius 2 is 0.816 bits per heavy atom. The lowest BCUT2D eigenvalue weighted by molar-refractivity contribution is -0.324. The molecule has 0 radical (unpaired) electrons. The molecule has 4 heteroatoms. The molecule has 0 bridgehead atoms. The fourth-order valence-electron chi connectivity index (χ4n) is 4.69. The lowest BCUT2D eigenvalue weighted by Gasteiger charge is -2.34. The van der Waals surface area contributed by atoms with Crippen molar-refractivity contribution in [3.05, 3.63) is 163 Å². The van der Waals surface area contributed by atoms with Crippen molar-refractivity contribution >= 4 is 23.0 Å². The summed E-state index contributed by atoms with van der Waals surface area (Å²) in [6, 6.07) is 49.4. The topological polar surface area (TPSA) is 49.4 Å². The van der Waals surface area contributed by atoms with Gasteiger partial charge < -0.3 is 14.6 Å². The maximum atomic E-state index is 11.6. The molecule has 4 nitrogen and oxygen atoms in total. The van der Waals surface area contributed by atoms with E-state index < -0.39 is 11.6 Å². The second-order valence-electron chi connectivity index (χ2n) is 8.92. The zero-order valence-corrected chi connectivity index (χ0v) is 21.6. The van der Waals surface area contributed by atoms with Gasteiger partial charge in [-0.05, 0) is 47.5 Å². The quantitative estimate of drug-likeness (QED) is 0.236. The Balaban J connectivity index is 0.000000178. The van der Waals surface area contributed by atoms with Crippen molar-refractivity contribution in [3.63, 3.8) is 0 Å². The molecule has 190 valence electrons. The number of carboxylic acids is 1. The molecule has 0 aromatic heterocycles. The molecule has 0 amide bonds. The second kappa shape index (κ2) is 12.2. The van der Waals surface area contributed by atoms with Gasteiger partial charge in [-0.15, -0.1) is 0 Å². The van der Waals surface area contributed by atoms with Gasteiger partial charge in [0.05, 0.1) is 13.0 Å².